The predicted molar refractivity (Wildman–Crippen MR) is 129 cm³/mol. The maximum Gasteiger partial charge on any atom is 0.00839 e. The second-order valence-electron chi connectivity index (χ2n) is 10.1. The summed E-state index contributed by atoms with van der Waals surface area (Å²) in [5, 5.41) is 0. The minimum Gasteiger partial charge on any atom is -0.0909 e. The summed E-state index contributed by atoms with van der Waals surface area (Å²) in [7, 11) is 0. The van der Waals surface area contributed by atoms with Gasteiger partial charge in [0.25, 0.3) is 0 Å². The van der Waals surface area contributed by atoms with Crippen LogP contribution >= 0.6 is 0 Å². The van der Waals surface area contributed by atoms with Crippen LogP contribution in [0.15, 0.2) is 66.3 Å². The van der Waals surface area contributed by atoms with E-state index in [1.807, 2.05) is 0 Å². The van der Waals surface area contributed by atoms with E-state index in [1.165, 1.54) is 60.8 Å². The summed E-state index contributed by atoms with van der Waals surface area (Å²) in [6.45, 7) is 9.32. The van der Waals surface area contributed by atoms with Crippen LogP contribution in [0, 0.1) is 23.7 Å². The maximum atomic E-state index is 4.55. The Bertz CT molecular complexity index is 964. The van der Waals surface area contributed by atoms with E-state index >= 15 is 0 Å². The summed E-state index contributed by atoms with van der Waals surface area (Å²) in [6, 6.07) is 4.76. The maximum absolute atomic E-state index is 4.55. The van der Waals surface area contributed by atoms with E-state index in [0.717, 1.165) is 24.7 Å². The second kappa shape index (κ2) is 8.22. The Morgan fingerprint density at radius 2 is 2.00 bits per heavy atom. The number of rotatable bonds is 4. The molecule has 0 radical (unpaired) electrons. The highest BCUT2D eigenvalue weighted by molar-refractivity contribution is 5.86. The Balaban J connectivity index is 1.44. The van der Waals surface area contributed by atoms with Gasteiger partial charge in [-0.05, 0) is 88.8 Å². The minimum atomic E-state index is 0.563. The van der Waals surface area contributed by atoms with Gasteiger partial charge >= 0.3 is 0 Å². The van der Waals surface area contributed by atoms with Crippen molar-refractivity contribution in [3.63, 3.8) is 0 Å². The van der Waals surface area contributed by atoms with Gasteiger partial charge in [0.05, 0.1) is 0 Å². The van der Waals surface area contributed by atoms with E-state index in [-0.39, 0.29) is 0 Å². The molecule has 0 aromatic heterocycles. The average Bonchev–Trinajstić information content (AvgIpc) is 3.30. The number of benzene rings is 1. The zero-order valence-electron chi connectivity index (χ0n) is 18.8. The number of allylic oxidation sites excluding steroid dienone is 9. The SMILES string of the molecule is C=C1/C(=C/C2=CCC3C=CC=CC23)Cc2c1ccc(CC)c2CC1CCCC(C)C1. The molecule has 5 rings (SSSR count). The molecule has 30 heavy (non-hydrogen) atoms. The van der Waals surface area contributed by atoms with Gasteiger partial charge in [-0.25, -0.2) is 0 Å². The van der Waals surface area contributed by atoms with Crippen molar-refractivity contribution in [3.05, 3.63) is 88.6 Å². The van der Waals surface area contributed by atoms with Crippen LogP contribution in [0.3, 0.4) is 0 Å². The fourth-order valence-corrected chi connectivity index (χ4v) is 6.45. The Morgan fingerprint density at radius 1 is 1.13 bits per heavy atom. The third-order valence-corrected chi connectivity index (χ3v) is 8.13. The molecule has 156 valence electrons. The number of hydrogen-bond donors (Lipinski definition) is 0. The Morgan fingerprint density at radius 3 is 2.83 bits per heavy atom. The largest absolute Gasteiger partial charge is 0.0909 e. The molecule has 4 atom stereocenters. The van der Waals surface area contributed by atoms with Crippen LogP contribution in [0.5, 0.6) is 0 Å². The average molecular weight is 397 g/mol. The van der Waals surface area contributed by atoms with Crippen molar-refractivity contribution >= 4 is 5.57 Å². The molecule has 4 aliphatic rings. The standard InChI is InChI=1S/C30H36/c1-4-23-14-15-27-21(3)26(18-25-13-12-24-10-5-6-11-28(24)25)19-30(27)29(23)17-22-9-7-8-20(2)16-22/h5-6,10-11,13-15,18,20,22,24,28H,3-4,7-9,12,16-17,19H2,1-2H3/b26-18+. The highest BCUT2D eigenvalue weighted by atomic mass is 14.3. The first kappa shape index (κ1) is 19.9. The first-order chi connectivity index (χ1) is 14.6. The van der Waals surface area contributed by atoms with Crippen molar-refractivity contribution in [1.29, 1.82) is 0 Å². The number of aryl methyl sites for hydroxylation is 1. The monoisotopic (exact) mass is 396 g/mol. The predicted octanol–water partition coefficient (Wildman–Crippen LogP) is 7.80. The first-order valence-electron chi connectivity index (χ1n) is 12.2. The smallest absolute Gasteiger partial charge is 0.00839 e. The number of fused-ring (bicyclic) bond motifs is 2. The fourth-order valence-electron chi connectivity index (χ4n) is 6.45. The Kier molecular flexibility index (Phi) is 5.44. The summed E-state index contributed by atoms with van der Waals surface area (Å²) < 4.78 is 0. The zero-order chi connectivity index (χ0) is 20.7. The van der Waals surface area contributed by atoms with Crippen molar-refractivity contribution in [1.82, 2.24) is 0 Å². The molecule has 1 fully saturated rings. The van der Waals surface area contributed by atoms with E-state index < -0.39 is 0 Å². The van der Waals surface area contributed by atoms with Gasteiger partial charge in [-0.1, -0.05) is 88.3 Å². The molecule has 1 aromatic carbocycles. The molecule has 0 N–H and O–H groups in total. The van der Waals surface area contributed by atoms with Gasteiger partial charge in [0.2, 0.25) is 0 Å². The molecule has 0 amide bonds. The van der Waals surface area contributed by atoms with Gasteiger partial charge < -0.3 is 0 Å². The third-order valence-electron chi connectivity index (χ3n) is 8.13. The Hall–Kier alpha value is -2.08. The van der Waals surface area contributed by atoms with Gasteiger partial charge in [-0.2, -0.15) is 0 Å². The van der Waals surface area contributed by atoms with Gasteiger partial charge in [0, 0.05) is 5.92 Å². The summed E-state index contributed by atoms with van der Waals surface area (Å²) in [6.07, 6.45) is 24.5. The molecule has 0 heterocycles. The Labute approximate surface area is 183 Å². The molecule has 4 unspecified atom stereocenters. The van der Waals surface area contributed by atoms with E-state index in [9.17, 15) is 0 Å². The highest BCUT2D eigenvalue weighted by Gasteiger charge is 2.30. The summed E-state index contributed by atoms with van der Waals surface area (Å²) >= 11 is 0. The lowest BCUT2D eigenvalue weighted by Crippen LogP contribution is -2.17. The molecule has 4 aliphatic carbocycles. The van der Waals surface area contributed by atoms with Gasteiger partial charge in [-0.15, -0.1) is 0 Å². The van der Waals surface area contributed by atoms with Crippen molar-refractivity contribution in [3.8, 4) is 0 Å². The zero-order valence-corrected chi connectivity index (χ0v) is 18.8. The summed E-state index contributed by atoms with van der Waals surface area (Å²) in [4.78, 5) is 0. The molecular formula is C30H36. The lowest BCUT2D eigenvalue weighted by atomic mass is 9.77. The van der Waals surface area contributed by atoms with Crippen molar-refractivity contribution in [2.45, 2.75) is 65.2 Å². The normalized spacial score (nSPS) is 31.2. The van der Waals surface area contributed by atoms with Crippen molar-refractivity contribution in [2.24, 2.45) is 23.7 Å². The van der Waals surface area contributed by atoms with Crippen LogP contribution in [0.4, 0.5) is 0 Å². The van der Waals surface area contributed by atoms with Crippen LogP contribution in [-0.2, 0) is 19.3 Å². The molecule has 0 bridgehead atoms. The van der Waals surface area contributed by atoms with Crippen LogP contribution in [-0.4, -0.2) is 0 Å². The fraction of sp³-hybridized carbons (Fsp3) is 0.467. The topological polar surface area (TPSA) is 0 Å². The lowest BCUT2D eigenvalue weighted by molar-refractivity contribution is 0.281. The quantitative estimate of drug-likeness (QED) is 0.487. The second-order valence-corrected chi connectivity index (χ2v) is 10.1. The van der Waals surface area contributed by atoms with E-state index in [4.69, 9.17) is 0 Å². The molecule has 0 nitrogen and oxygen atoms in total. The van der Waals surface area contributed by atoms with E-state index in [0.29, 0.717) is 11.8 Å². The molecule has 0 aliphatic heterocycles. The van der Waals surface area contributed by atoms with Crippen LogP contribution < -0.4 is 0 Å². The third kappa shape index (κ3) is 3.59. The van der Waals surface area contributed by atoms with Gasteiger partial charge in [0.15, 0.2) is 0 Å². The molecule has 1 saturated carbocycles. The van der Waals surface area contributed by atoms with Crippen molar-refractivity contribution in [2.75, 3.05) is 0 Å². The first-order valence-corrected chi connectivity index (χ1v) is 12.2. The minimum absolute atomic E-state index is 0.563. The molecule has 0 heteroatoms. The summed E-state index contributed by atoms with van der Waals surface area (Å²) in [5.41, 5.74) is 10.5. The van der Waals surface area contributed by atoms with Crippen LogP contribution in [0.1, 0.15) is 68.2 Å². The van der Waals surface area contributed by atoms with Crippen LogP contribution in [0.2, 0.25) is 0 Å². The van der Waals surface area contributed by atoms with Crippen molar-refractivity contribution < 1.29 is 0 Å². The number of hydrogen-bond acceptors (Lipinski definition) is 0. The summed E-state index contributed by atoms with van der Waals surface area (Å²) in [5.74, 6) is 2.99. The van der Waals surface area contributed by atoms with E-state index in [1.54, 1.807) is 16.7 Å². The van der Waals surface area contributed by atoms with Gasteiger partial charge in [0.1, 0.15) is 0 Å². The molecule has 1 aromatic rings. The molecule has 0 spiro atoms. The molecular weight excluding hydrogens is 360 g/mol. The van der Waals surface area contributed by atoms with Crippen LogP contribution in [0.25, 0.3) is 5.57 Å². The van der Waals surface area contributed by atoms with E-state index in [2.05, 4.69) is 69.0 Å². The molecule has 0 saturated heterocycles. The lowest BCUT2D eigenvalue weighted by Gasteiger charge is -2.28. The van der Waals surface area contributed by atoms with Gasteiger partial charge in [-0.3, -0.25) is 0 Å². The highest BCUT2D eigenvalue weighted by Crippen LogP contribution is 2.44.